The van der Waals surface area contributed by atoms with Crippen LogP contribution in [0, 0.1) is 5.92 Å². The summed E-state index contributed by atoms with van der Waals surface area (Å²) in [6.45, 7) is 4.30. The second-order valence-electron chi connectivity index (χ2n) is 6.06. The van der Waals surface area contributed by atoms with Crippen LogP contribution >= 0.6 is 0 Å². The molecule has 4 nitrogen and oxygen atoms in total. The van der Waals surface area contributed by atoms with Crippen molar-refractivity contribution < 1.29 is 9.90 Å². The fourth-order valence-electron chi connectivity index (χ4n) is 3.07. The molecule has 1 amide bonds. The van der Waals surface area contributed by atoms with Crippen molar-refractivity contribution in [2.24, 2.45) is 5.92 Å². The van der Waals surface area contributed by atoms with Crippen LogP contribution in [0.5, 0.6) is 0 Å². The predicted molar refractivity (Wildman–Crippen MR) is 79.7 cm³/mol. The molecule has 20 heavy (non-hydrogen) atoms. The van der Waals surface area contributed by atoms with Crippen molar-refractivity contribution in [3.8, 4) is 0 Å². The number of aliphatic hydroxyl groups is 1. The Labute approximate surface area is 121 Å². The van der Waals surface area contributed by atoms with Crippen LogP contribution in [-0.4, -0.2) is 28.2 Å². The summed E-state index contributed by atoms with van der Waals surface area (Å²) in [6, 6.07) is 4.14. The van der Waals surface area contributed by atoms with E-state index in [9.17, 15) is 9.90 Å². The van der Waals surface area contributed by atoms with E-state index in [1.165, 1.54) is 6.42 Å². The monoisotopic (exact) mass is 278 g/mol. The predicted octanol–water partition coefficient (Wildman–Crippen LogP) is 2.74. The summed E-state index contributed by atoms with van der Waals surface area (Å²) in [5.74, 6) is 0.179. The summed E-state index contributed by atoms with van der Waals surface area (Å²) in [4.78, 5) is 12.5. The van der Waals surface area contributed by atoms with Crippen molar-refractivity contribution in [2.75, 3.05) is 6.61 Å². The van der Waals surface area contributed by atoms with Crippen LogP contribution in [-0.2, 0) is 0 Å². The van der Waals surface area contributed by atoms with Crippen LogP contribution in [0.25, 0.3) is 0 Å². The number of nitrogens with zero attached hydrogens (tertiary/aromatic N) is 1. The normalized spacial score (nSPS) is 23.6. The third-order valence-corrected chi connectivity index (χ3v) is 4.28. The lowest BCUT2D eigenvalue weighted by Gasteiger charge is -2.25. The van der Waals surface area contributed by atoms with Crippen molar-refractivity contribution >= 4 is 5.91 Å². The van der Waals surface area contributed by atoms with Gasteiger partial charge in [0.2, 0.25) is 0 Å². The number of carbonyl (C=O) groups excluding carboxylic acids is 1. The Hall–Kier alpha value is -1.29. The van der Waals surface area contributed by atoms with Gasteiger partial charge in [-0.25, -0.2) is 0 Å². The molecule has 112 valence electrons. The second-order valence-corrected chi connectivity index (χ2v) is 6.06. The highest BCUT2D eigenvalue weighted by Gasteiger charge is 2.25. The van der Waals surface area contributed by atoms with E-state index in [-0.39, 0.29) is 30.5 Å². The topological polar surface area (TPSA) is 54.3 Å². The van der Waals surface area contributed by atoms with Crippen molar-refractivity contribution in [2.45, 2.75) is 58.0 Å². The fraction of sp³-hybridized carbons (Fsp3) is 0.688. The fourth-order valence-corrected chi connectivity index (χ4v) is 3.07. The van der Waals surface area contributed by atoms with Gasteiger partial charge in [-0.15, -0.1) is 0 Å². The van der Waals surface area contributed by atoms with E-state index in [4.69, 9.17) is 0 Å². The van der Waals surface area contributed by atoms with Crippen molar-refractivity contribution in [3.63, 3.8) is 0 Å². The highest BCUT2D eigenvalue weighted by molar-refractivity contribution is 5.93. The van der Waals surface area contributed by atoms with Crippen LogP contribution in [0.15, 0.2) is 18.3 Å². The maximum Gasteiger partial charge on any atom is 0.268 e. The molecule has 1 aliphatic rings. The minimum absolute atomic E-state index is 0.0194. The minimum atomic E-state index is -0.0194. The van der Waals surface area contributed by atoms with E-state index in [1.54, 1.807) is 0 Å². The van der Waals surface area contributed by atoms with Crippen LogP contribution in [0.1, 0.15) is 62.5 Å². The van der Waals surface area contributed by atoms with Crippen molar-refractivity contribution in [1.29, 1.82) is 0 Å². The highest BCUT2D eigenvalue weighted by atomic mass is 16.3. The molecule has 0 spiro atoms. The van der Waals surface area contributed by atoms with Crippen molar-refractivity contribution in [3.05, 3.63) is 24.0 Å². The number of hydrogen-bond acceptors (Lipinski definition) is 2. The zero-order valence-electron chi connectivity index (χ0n) is 12.5. The zero-order valence-corrected chi connectivity index (χ0v) is 12.5. The summed E-state index contributed by atoms with van der Waals surface area (Å²) in [5, 5.41) is 12.7. The lowest BCUT2D eigenvalue weighted by Crippen LogP contribution is -2.41. The van der Waals surface area contributed by atoms with Crippen LogP contribution in [0.3, 0.4) is 0 Å². The SMILES string of the molecule is CC(C)n1cccc1C(=O)NC1CCCCCC1CO. The van der Waals surface area contributed by atoms with Crippen LogP contribution in [0.4, 0.5) is 0 Å². The van der Waals surface area contributed by atoms with Gasteiger partial charge in [-0.05, 0) is 38.8 Å². The van der Waals surface area contributed by atoms with Crippen LogP contribution in [0.2, 0.25) is 0 Å². The average molecular weight is 278 g/mol. The molecule has 0 saturated heterocycles. The number of amides is 1. The smallest absolute Gasteiger partial charge is 0.268 e. The van der Waals surface area contributed by atoms with E-state index in [1.807, 2.05) is 22.9 Å². The van der Waals surface area contributed by atoms with Gasteiger partial charge in [-0.1, -0.05) is 19.3 Å². The van der Waals surface area contributed by atoms with Crippen LogP contribution < -0.4 is 5.32 Å². The molecule has 0 aromatic carbocycles. The molecule has 1 heterocycles. The highest BCUT2D eigenvalue weighted by Crippen LogP contribution is 2.23. The molecular formula is C16H26N2O2. The van der Waals surface area contributed by atoms with Gasteiger partial charge in [-0.2, -0.15) is 0 Å². The van der Waals surface area contributed by atoms with Gasteiger partial charge < -0.3 is 15.0 Å². The molecule has 1 aromatic heterocycles. The first kappa shape index (κ1) is 15.1. The molecule has 1 aromatic rings. The lowest BCUT2D eigenvalue weighted by atomic mass is 9.95. The molecule has 0 radical (unpaired) electrons. The Morgan fingerprint density at radius 2 is 2.15 bits per heavy atom. The third kappa shape index (κ3) is 3.42. The first-order valence-electron chi connectivity index (χ1n) is 7.72. The summed E-state index contributed by atoms with van der Waals surface area (Å²) in [6.07, 6.45) is 7.40. The number of carbonyl (C=O) groups is 1. The molecule has 1 fully saturated rings. The minimum Gasteiger partial charge on any atom is -0.396 e. The maximum atomic E-state index is 12.5. The quantitative estimate of drug-likeness (QED) is 0.832. The molecule has 2 unspecified atom stereocenters. The molecule has 4 heteroatoms. The Bertz CT molecular complexity index is 439. The standard InChI is InChI=1S/C16H26N2O2/c1-12(2)18-10-6-9-15(18)16(20)17-14-8-5-3-4-7-13(14)11-19/h6,9-10,12-14,19H,3-5,7-8,11H2,1-2H3,(H,17,20). The van der Waals surface area contributed by atoms with E-state index in [0.717, 1.165) is 25.7 Å². The molecule has 0 bridgehead atoms. The number of nitrogens with one attached hydrogen (secondary N) is 1. The number of hydrogen-bond donors (Lipinski definition) is 2. The van der Waals surface area contributed by atoms with E-state index in [0.29, 0.717) is 5.69 Å². The number of aliphatic hydroxyl groups excluding tert-OH is 1. The number of aromatic nitrogens is 1. The first-order chi connectivity index (χ1) is 9.63. The molecule has 0 aliphatic heterocycles. The average Bonchev–Trinajstić information content (AvgIpc) is 2.81. The zero-order chi connectivity index (χ0) is 14.5. The lowest BCUT2D eigenvalue weighted by molar-refractivity contribution is 0.0888. The Morgan fingerprint density at radius 3 is 2.85 bits per heavy atom. The molecular weight excluding hydrogens is 252 g/mol. The number of rotatable bonds is 4. The molecule has 2 N–H and O–H groups in total. The third-order valence-electron chi connectivity index (χ3n) is 4.28. The summed E-state index contributed by atoms with van der Waals surface area (Å²) >= 11 is 0. The summed E-state index contributed by atoms with van der Waals surface area (Å²) in [5.41, 5.74) is 0.709. The van der Waals surface area contributed by atoms with E-state index >= 15 is 0 Å². The largest absolute Gasteiger partial charge is 0.396 e. The Morgan fingerprint density at radius 1 is 1.40 bits per heavy atom. The van der Waals surface area contributed by atoms with Gasteiger partial charge in [0.1, 0.15) is 5.69 Å². The van der Waals surface area contributed by atoms with Gasteiger partial charge in [0.05, 0.1) is 0 Å². The Balaban J connectivity index is 2.07. The van der Waals surface area contributed by atoms with E-state index in [2.05, 4.69) is 19.2 Å². The van der Waals surface area contributed by atoms with Gasteiger partial charge in [0.15, 0.2) is 0 Å². The maximum absolute atomic E-state index is 12.5. The molecule has 2 atom stereocenters. The van der Waals surface area contributed by atoms with Gasteiger partial charge in [0.25, 0.3) is 5.91 Å². The molecule has 1 aliphatic carbocycles. The first-order valence-corrected chi connectivity index (χ1v) is 7.72. The van der Waals surface area contributed by atoms with Crippen molar-refractivity contribution in [1.82, 2.24) is 9.88 Å². The Kier molecular flexibility index (Phi) is 5.24. The molecule has 2 rings (SSSR count). The van der Waals surface area contributed by atoms with Gasteiger partial charge in [0, 0.05) is 30.8 Å². The summed E-state index contributed by atoms with van der Waals surface area (Å²) < 4.78 is 1.99. The van der Waals surface area contributed by atoms with E-state index < -0.39 is 0 Å². The molecule has 1 saturated carbocycles. The second kappa shape index (κ2) is 6.93. The van der Waals surface area contributed by atoms with Gasteiger partial charge in [-0.3, -0.25) is 4.79 Å². The van der Waals surface area contributed by atoms with Gasteiger partial charge >= 0.3 is 0 Å². The summed E-state index contributed by atoms with van der Waals surface area (Å²) in [7, 11) is 0.